The number of amides is 2. The highest BCUT2D eigenvalue weighted by atomic mass is 19.4. The Morgan fingerprint density at radius 1 is 1.03 bits per heavy atom. The lowest BCUT2D eigenvalue weighted by Gasteiger charge is -2.12. The average Bonchev–Trinajstić information content (AvgIpc) is 3.20. The second-order valence-electron chi connectivity index (χ2n) is 6.35. The Kier molecular flexibility index (Phi) is 6.28. The smallest absolute Gasteiger partial charge is 0.416 e. The Balaban J connectivity index is 1.66. The van der Waals surface area contributed by atoms with Crippen molar-refractivity contribution < 1.29 is 31.9 Å². The van der Waals surface area contributed by atoms with Crippen LogP contribution in [0.25, 0.3) is 5.69 Å². The average molecular weight is 435 g/mol. The highest BCUT2D eigenvalue weighted by Crippen LogP contribution is 2.31. The minimum atomic E-state index is -4.66. The standard InChI is InChI=1S/C21H17F4N3O3/c1-2-31-19(29)13-9-10-28(12-13)16-6-4-15(5-7-16)26-20(30)27-18-11-14(21(23,24)25)3-8-17(18)22/h3-12H,2H2,1H3,(H2,26,27,30). The minimum Gasteiger partial charge on any atom is -0.462 e. The number of ether oxygens (including phenoxy) is 1. The maximum absolute atomic E-state index is 13.8. The zero-order valence-electron chi connectivity index (χ0n) is 16.2. The molecule has 0 aliphatic heterocycles. The molecule has 31 heavy (non-hydrogen) atoms. The maximum atomic E-state index is 13.8. The zero-order valence-corrected chi connectivity index (χ0v) is 16.2. The van der Waals surface area contributed by atoms with Gasteiger partial charge in [-0.2, -0.15) is 13.2 Å². The van der Waals surface area contributed by atoms with E-state index in [1.807, 2.05) is 0 Å². The third-order valence-corrected chi connectivity index (χ3v) is 4.17. The van der Waals surface area contributed by atoms with E-state index in [0.29, 0.717) is 35.1 Å². The summed E-state index contributed by atoms with van der Waals surface area (Å²) in [4.78, 5) is 23.8. The number of benzene rings is 2. The first-order valence-corrected chi connectivity index (χ1v) is 9.07. The van der Waals surface area contributed by atoms with Crippen molar-refractivity contribution in [2.24, 2.45) is 0 Å². The maximum Gasteiger partial charge on any atom is 0.416 e. The fourth-order valence-electron chi connectivity index (χ4n) is 2.69. The van der Waals surface area contributed by atoms with E-state index in [1.54, 1.807) is 54.2 Å². The lowest BCUT2D eigenvalue weighted by atomic mass is 10.2. The van der Waals surface area contributed by atoms with Crippen LogP contribution in [0.2, 0.25) is 0 Å². The molecular formula is C21H17F4N3O3. The molecule has 0 aliphatic rings. The Bertz CT molecular complexity index is 1090. The van der Waals surface area contributed by atoms with E-state index < -0.39 is 35.2 Å². The van der Waals surface area contributed by atoms with E-state index >= 15 is 0 Å². The van der Waals surface area contributed by atoms with Gasteiger partial charge in [0.15, 0.2) is 0 Å². The Morgan fingerprint density at radius 2 is 1.74 bits per heavy atom. The van der Waals surface area contributed by atoms with E-state index in [9.17, 15) is 27.2 Å². The molecule has 2 amide bonds. The van der Waals surface area contributed by atoms with Gasteiger partial charge in [-0.15, -0.1) is 0 Å². The highest BCUT2D eigenvalue weighted by Gasteiger charge is 2.31. The molecule has 2 N–H and O–H groups in total. The van der Waals surface area contributed by atoms with E-state index in [4.69, 9.17) is 4.74 Å². The molecule has 0 aliphatic carbocycles. The third-order valence-electron chi connectivity index (χ3n) is 4.17. The van der Waals surface area contributed by atoms with Crippen LogP contribution in [-0.2, 0) is 10.9 Å². The lowest BCUT2D eigenvalue weighted by molar-refractivity contribution is -0.137. The van der Waals surface area contributed by atoms with E-state index in [0.717, 1.165) is 0 Å². The summed E-state index contributed by atoms with van der Waals surface area (Å²) in [5.41, 5.74) is -0.284. The van der Waals surface area contributed by atoms with E-state index in [2.05, 4.69) is 10.6 Å². The van der Waals surface area contributed by atoms with Gasteiger partial charge < -0.3 is 19.9 Å². The van der Waals surface area contributed by atoms with Crippen LogP contribution in [0.4, 0.5) is 33.7 Å². The minimum absolute atomic E-state index is 0.261. The molecule has 0 atom stereocenters. The molecule has 162 valence electrons. The molecule has 0 spiro atoms. The molecular weight excluding hydrogens is 418 g/mol. The quantitative estimate of drug-likeness (QED) is 0.413. The lowest BCUT2D eigenvalue weighted by Crippen LogP contribution is -2.20. The van der Waals surface area contributed by atoms with Gasteiger partial charge in [-0.3, -0.25) is 0 Å². The topological polar surface area (TPSA) is 72.4 Å². The molecule has 1 heterocycles. The summed E-state index contributed by atoms with van der Waals surface area (Å²) < 4.78 is 58.7. The number of carbonyl (C=O) groups is 2. The number of aromatic nitrogens is 1. The number of hydrogen-bond donors (Lipinski definition) is 2. The summed E-state index contributed by atoms with van der Waals surface area (Å²) in [5.74, 6) is -1.44. The van der Waals surface area contributed by atoms with Crippen LogP contribution in [0.3, 0.4) is 0 Å². The Hall–Kier alpha value is -3.82. The normalized spacial score (nSPS) is 11.1. The summed E-state index contributed by atoms with van der Waals surface area (Å²) >= 11 is 0. The number of alkyl halides is 3. The third kappa shape index (κ3) is 5.41. The van der Waals surface area contributed by atoms with Crippen molar-refractivity contribution in [1.29, 1.82) is 0 Å². The second kappa shape index (κ2) is 8.90. The van der Waals surface area contributed by atoms with Gasteiger partial charge in [-0.1, -0.05) is 0 Å². The molecule has 3 aromatic rings. The van der Waals surface area contributed by atoms with Crippen LogP contribution in [0, 0.1) is 5.82 Å². The summed E-state index contributed by atoms with van der Waals surface area (Å²) in [6.07, 6.45) is -1.41. The summed E-state index contributed by atoms with van der Waals surface area (Å²) in [7, 11) is 0. The monoisotopic (exact) mass is 435 g/mol. The predicted octanol–water partition coefficient (Wildman–Crippen LogP) is 5.46. The van der Waals surface area contributed by atoms with Crippen LogP contribution < -0.4 is 10.6 Å². The van der Waals surface area contributed by atoms with Gasteiger partial charge in [0.05, 0.1) is 23.4 Å². The van der Waals surface area contributed by atoms with Crippen LogP contribution in [-0.4, -0.2) is 23.2 Å². The van der Waals surface area contributed by atoms with Crippen molar-refractivity contribution in [2.45, 2.75) is 13.1 Å². The van der Waals surface area contributed by atoms with Crippen LogP contribution in [0.1, 0.15) is 22.8 Å². The summed E-state index contributed by atoms with van der Waals surface area (Å²) in [5, 5.41) is 4.48. The van der Waals surface area contributed by atoms with Crippen molar-refractivity contribution in [3.05, 3.63) is 77.9 Å². The van der Waals surface area contributed by atoms with Crippen LogP contribution >= 0.6 is 0 Å². The molecule has 0 unspecified atom stereocenters. The number of esters is 1. The van der Waals surface area contributed by atoms with E-state index in [-0.39, 0.29) is 6.61 Å². The number of carbonyl (C=O) groups excluding carboxylic acids is 2. The SMILES string of the molecule is CCOC(=O)c1ccn(-c2ccc(NC(=O)Nc3cc(C(F)(F)F)ccc3F)cc2)c1. The molecule has 0 radical (unpaired) electrons. The van der Waals surface area contributed by atoms with Crippen LogP contribution in [0.15, 0.2) is 60.9 Å². The molecule has 0 saturated carbocycles. The molecule has 6 nitrogen and oxygen atoms in total. The highest BCUT2D eigenvalue weighted by molar-refractivity contribution is 6.00. The molecule has 0 bridgehead atoms. The Labute approximate surface area is 174 Å². The van der Waals surface area contributed by atoms with Crippen molar-refractivity contribution in [2.75, 3.05) is 17.2 Å². The largest absolute Gasteiger partial charge is 0.462 e. The number of urea groups is 1. The predicted molar refractivity (Wildman–Crippen MR) is 106 cm³/mol. The fraction of sp³-hybridized carbons (Fsp3) is 0.143. The molecule has 0 fully saturated rings. The van der Waals surface area contributed by atoms with Crippen LogP contribution in [0.5, 0.6) is 0 Å². The number of rotatable bonds is 5. The summed E-state index contributed by atoms with van der Waals surface area (Å²) in [6, 6.07) is 8.82. The molecule has 10 heteroatoms. The molecule has 0 saturated heterocycles. The number of nitrogens with zero attached hydrogens (tertiary/aromatic N) is 1. The molecule has 3 rings (SSSR count). The number of halogens is 4. The second-order valence-corrected chi connectivity index (χ2v) is 6.35. The van der Waals surface area contributed by atoms with Gasteiger partial charge >= 0.3 is 18.2 Å². The van der Waals surface area contributed by atoms with Crippen molar-refractivity contribution in [1.82, 2.24) is 4.57 Å². The van der Waals surface area contributed by atoms with Crippen molar-refractivity contribution >= 4 is 23.4 Å². The fourth-order valence-corrected chi connectivity index (χ4v) is 2.69. The number of hydrogen-bond acceptors (Lipinski definition) is 3. The Morgan fingerprint density at radius 3 is 2.39 bits per heavy atom. The van der Waals surface area contributed by atoms with Gasteiger partial charge in [0, 0.05) is 23.8 Å². The van der Waals surface area contributed by atoms with Crippen molar-refractivity contribution in [3.8, 4) is 5.69 Å². The van der Waals surface area contributed by atoms with Gasteiger partial charge in [-0.05, 0) is 55.5 Å². The summed E-state index contributed by atoms with van der Waals surface area (Å²) in [6.45, 7) is 1.97. The molecule has 1 aromatic heterocycles. The first kappa shape index (κ1) is 21.9. The molecule has 2 aromatic carbocycles. The van der Waals surface area contributed by atoms with Gasteiger partial charge in [-0.25, -0.2) is 14.0 Å². The van der Waals surface area contributed by atoms with Gasteiger partial charge in [0.1, 0.15) is 5.82 Å². The van der Waals surface area contributed by atoms with Gasteiger partial charge in [0.2, 0.25) is 0 Å². The first-order chi connectivity index (χ1) is 14.7. The number of anilines is 2. The van der Waals surface area contributed by atoms with Crippen molar-refractivity contribution in [3.63, 3.8) is 0 Å². The van der Waals surface area contributed by atoms with E-state index in [1.165, 1.54) is 0 Å². The number of nitrogens with one attached hydrogen (secondary N) is 2. The van der Waals surface area contributed by atoms with Gasteiger partial charge in [0.25, 0.3) is 0 Å². The zero-order chi connectivity index (χ0) is 22.6. The first-order valence-electron chi connectivity index (χ1n) is 9.07.